The van der Waals surface area contributed by atoms with E-state index in [-0.39, 0.29) is 12.1 Å². The molecule has 1 aromatic rings. The van der Waals surface area contributed by atoms with Crippen molar-refractivity contribution < 1.29 is 9.84 Å². The number of aliphatic hydroxyl groups is 1. The van der Waals surface area contributed by atoms with Gasteiger partial charge in [-0.2, -0.15) is 5.10 Å². The van der Waals surface area contributed by atoms with E-state index in [0.717, 1.165) is 5.69 Å². The predicted octanol–water partition coefficient (Wildman–Crippen LogP) is -0.241. The first kappa shape index (κ1) is 10.3. The van der Waals surface area contributed by atoms with Crippen LogP contribution >= 0.6 is 0 Å². The third-order valence-electron chi connectivity index (χ3n) is 3.47. The van der Waals surface area contributed by atoms with Crippen LogP contribution in [0.5, 0.6) is 0 Å². The van der Waals surface area contributed by atoms with E-state index in [4.69, 9.17) is 4.74 Å². The Balaban J connectivity index is 1.87. The molecule has 88 valence electrons. The van der Waals surface area contributed by atoms with E-state index in [0.29, 0.717) is 26.1 Å². The molecule has 2 bridgehead atoms. The number of hydrogen-bond donors (Lipinski definition) is 2. The molecule has 2 aliphatic rings. The molecular weight excluding hydrogens is 206 g/mol. The molecule has 3 heterocycles. The predicted molar refractivity (Wildman–Crippen MR) is 57.9 cm³/mol. The minimum absolute atomic E-state index is 0.250. The van der Waals surface area contributed by atoms with Crippen LogP contribution in [-0.4, -0.2) is 40.2 Å². The zero-order chi connectivity index (χ0) is 11.2. The van der Waals surface area contributed by atoms with Crippen LogP contribution in [0.4, 0.5) is 0 Å². The Morgan fingerprint density at radius 3 is 2.75 bits per heavy atom. The summed E-state index contributed by atoms with van der Waals surface area (Å²) in [5.74, 6) is 0. The van der Waals surface area contributed by atoms with Gasteiger partial charge in [0.2, 0.25) is 0 Å². The molecule has 5 nitrogen and oxygen atoms in total. The van der Waals surface area contributed by atoms with Gasteiger partial charge in [-0.1, -0.05) is 0 Å². The van der Waals surface area contributed by atoms with E-state index in [1.54, 1.807) is 4.68 Å². The summed E-state index contributed by atoms with van der Waals surface area (Å²) in [5, 5.41) is 18.5. The van der Waals surface area contributed by atoms with Crippen LogP contribution in [0, 0.1) is 0 Å². The highest BCUT2D eigenvalue weighted by atomic mass is 16.5. The minimum Gasteiger partial charge on any atom is -0.383 e. The summed E-state index contributed by atoms with van der Waals surface area (Å²) in [6.45, 7) is 1.37. The first-order valence-electron chi connectivity index (χ1n) is 5.72. The highest BCUT2D eigenvalue weighted by Crippen LogP contribution is 2.35. The average Bonchev–Trinajstić information content (AvgIpc) is 2.64. The molecule has 0 amide bonds. The van der Waals surface area contributed by atoms with Gasteiger partial charge in [0, 0.05) is 25.3 Å². The molecule has 0 aliphatic carbocycles. The number of fused-ring (bicyclic) bond motifs is 2. The lowest BCUT2D eigenvalue weighted by atomic mass is 9.81. The Bertz CT molecular complexity index is 378. The zero-order valence-corrected chi connectivity index (χ0v) is 9.39. The molecule has 16 heavy (non-hydrogen) atoms. The maximum Gasteiger partial charge on any atom is 0.111 e. The van der Waals surface area contributed by atoms with E-state index >= 15 is 0 Å². The summed E-state index contributed by atoms with van der Waals surface area (Å²) in [4.78, 5) is 0. The van der Waals surface area contributed by atoms with Crippen molar-refractivity contribution in [2.45, 2.75) is 30.5 Å². The number of nitrogens with one attached hydrogen (secondary N) is 1. The Kier molecular flexibility index (Phi) is 2.27. The third kappa shape index (κ3) is 1.65. The summed E-state index contributed by atoms with van der Waals surface area (Å²) >= 11 is 0. The van der Waals surface area contributed by atoms with Crippen LogP contribution in [0.15, 0.2) is 12.3 Å². The van der Waals surface area contributed by atoms with Crippen molar-refractivity contribution in [3.05, 3.63) is 18.0 Å². The number of hydrogen-bond acceptors (Lipinski definition) is 4. The molecule has 1 aromatic heterocycles. The third-order valence-corrected chi connectivity index (χ3v) is 3.47. The number of piperidine rings is 1. The minimum atomic E-state index is -0.786. The fourth-order valence-corrected chi connectivity index (χ4v) is 2.79. The fraction of sp³-hybridized carbons (Fsp3) is 0.727. The number of rotatable bonds is 1. The molecule has 2 aliphatic heterocycles. The number of aromatic nitrogens is 2. The molecule has 0 aromatic carbocycles. The fourth-order valence-electron chi connectivity index (χ4n) is 2.79. The Labute approximate surface area is 94.4 Å². The molecule has 2 saturated heterocycles. The second-order valence-corrected chi connectivity index (χ2v) is 4.91. The topological polar surface area (TPSA) is 59.3 Å². The zero-order valence-electron chi connectivity index (χ0n) is 9.39. The van der Waals surface area contributed by atoms with Crippen molar-refractivity contribution in [2.75, 3.05) is 13.2 Å². The summed E-state index contributed by atoms with van der Waals surface area (Å²) in [5.41, 5.74) is -0.000532. The molecule has 0 spiro atoms. The highest BCUT2D eigenvalue weighted by Gasteiger charge is 2.43. The number of nitrogens with zero attached hydrogens (tertiary/aromatic N) is 2. The molecule has 2 N–H and O–H groups in total. The maximum atomic E-state index is 10.7. The van der Waals surface area contributed by atoms with E-state index in [9.17, 15) is 5.11 Å². The molecular formula is C11H17N3O2. The molecule has 5 heteroatoms. The lowest BCUT2D eigenvalue weighted by Crippen LogP contribution is -2.58. The monoisotopic (exact) mass is 223 g/mol. The van der Waals surface area contributed by atoms with Crippen LogP contribution in [0.25, 0.3) is 0 Å². The van der Waals surface area contributed by atoms with Crippen LogP contribution in [0.2, 0.25) is 0 Å². The van der Waals surface area contributed by atoms with Crippen molar-refractivity contribution in [1.82, 2.24) is 15.1 Å². The largest absolute Gasteiger partial charge is 0.383 e. The lowest BCUT2D eigenvalue weighted by molar-refractivity contribution is -0.0825. The van der Waals surface area contributed by atoms with Gasteiger partial charge in [-0.15, -0.1) is 0 Å². The van der Waals surface area contributed by atoms with Crippen molar-refractivity contribution >= 4 is 0 Å². The van der Waals surface area contributed by atoms with Gasteiger partial charge in [0.1, 0.15) is 5.60 Å². The quantitative estimate of drug-likeness (QED) is 0.690. The highest BCUT2D eigenvalue weighted by molar-refractivity contribution is 5.14. The Morgan fingerprint density at radius 2 is 2.19 bits per heavy atom. The van der Waals surface area contributed by atoms with Gasteiger partial charge in [-0.3, -0.25) is 4.68 Å². The van der Waals surface area contributed by atoms with Gasteiger partial charge in [0.25, 0.3) is 0 Å². The van der Waals surface area contributed by atoms with E-state index in [2.05, 4.69) is 10.4 Å². The van der Waals surface area contributed by atoms with Crippen molar-refractivity contribution in [3.8, 4) is 0 Å². The van der Waals surface area contributed by atoms with Gasteiger partial charge < -0.3 is 15.2 Å². The Hall–Kier alpha value is -0.910. The van der Waals surface area contributed by atoms with Crippen molar-refractivity contribution in [2.24, 2.45) is 7.05 Å². The van der Waals surface area contributed by atoms with Crippen LogP contribution in [0.1, 0.15) is 18.5 Å². The van der Waals surface area contributed by atoms with Gasteiger partial charge in [0.15, 0.2) is 0 Å². The van der Waals surface area contributed by atoms with E-state index in [1.807, 2.05) is 19.3 Å². The smallest absolute Gasteiger partial charge is 0.111 e. The number of aryl methyl sites for hydroxylation is 1. The molecule has 2 unspecified atom stereocenters. The van der Waals surface area contributed by atoms with Crippen LogP contribution in [0.3, 0.4) is 0 Å². The summed E-state index contributed by atoms with van der Waals surface area (Å²) in [7, 11) is 1.87. The lowest BCUT2D eigenvalue weighted by Gasteiger charge is -2.44. The van der Waals surface area contributed by atoms with E-state index in [1.165, 1.54) is 0 Å². The van der Waals surface area contributed by atoms with Crippen molar-refractivity contribution in [3.63, 3.8) is 0 Å². The second-order valence-electron chi connectivity index (χ2n) is 4.91. The number of morpholine rings is 1. The molecule has 3 rings (SSSR count). The first-order chi connectivity index (χ1) is 7.66. The number of ether oxygens (including phenoxy) is 1. The van der Waals surface area contributed by atoms with Crippen LogP contribution in [-0.2, 0) is 17.4 Å². The van der Waals surface area contributed by atoms with Gasteiger partial charge >= 0.3 is 0 Å². The molecule has 2 atom stereocenters. The summed E-state index contributed by atoms with van der Waals surface area (Å²) in [6, 6.07) is 2.40. The summed E-state index contributed by atoms with van der Waals surface area (Å²) in [6.07, 6.45) is 3.24. The first-order valence-corrected chi connectivity index (χ1v) is 5.72. The maximum absolute atomic E-state index is 10.7. The normalized spacial score (nSPS) is 38.6. The molecule has 0 saturated carbocycles. The van der Waals surface area contributed by atoms with Gasteiger partial charge in [-0.25, -0.2) is 0 Å². The molecule has 2 fully saturated rings. The van der Waals surface area contributed by atoms with Gasteiger partial charge in [0.05, 0.1) is 18.9 Å². The van der Waals surface area contributed by atoms with E-state index < -0.39 is 5.60 Å². The molecule has 0 radical (unpaired) electrons. The Morgan fingerprint density at radius 1 is 1.50 bits per heavy atom. The average molecular weight is 223 g/mol. The van der Waals surface area contributed by atoms with Crippen LogP contribution < -0.4 is 5.32 Å². The van der Waals surface area contributed by atoms with Gasteiger partial charge in [-0.05, 0) is 18.9 Å². The SMILES string of the molecule is Cn1ccc(C2(O)CC3COCC(C2)N3)n1. The standard InChI is InChI=1S/C11H17N3O2/c1-14-3-2-10(13-14)11(15)4-8-6-16-7-9(5-11)12-8/h2-3,8-9,12,15H,4-7H2,1H3. The van der Waals surface area contributed by atoms with Crippen molar-refractivity contribution in [1.29, 1.82) is 0 Å². The summed E-state index contributed by atoms with van der Waals surface area (Å²) < 4.78 is 7.21. The second kappa shape index (κ2) is 3.55.